The molecule has 0 saturated carbocycles. The van der Waals surface area contributed by atoms with Crippen LogP contribution in [0.4, 0.5) is 0 Å². The molecule has 0 heterocycles. The van der Waals surface area contributed by atoms with Gasteiger partial charge in [0.2, 0.25) is 11.8 Å². The maximum absolute atomic E-state index is 12.5. The van der Waals surface area contributed by atoms with Crippen molar-refractivity contribution < 1.29 is 19.4 Å². The van der Waals surface area contributed by atoms with Crippen LogP contribution in [0.25, 0.3) is 0 Å². The zero-order chi connectivity index (χ0) is 18.1. The Bertz CT molecular complexity index is 528. The number of methoxy groups -OCH3 is 1. The number of rotatable bonds is 9. The van der Waals surface area contributed by atoms with Crippen molar-refractivity contribution in [2.75, 3.05) is 20.3 Å². The third-order valence-corrected chi connectivity index (χ3v) is 3.77. The monoisotopic (exact) mass is 336 g/mol. The van der Waals surface area contributed by atoms with Crippen LogP contribution < -0.4 is 10.1 Å². The molecular weight excluding hydrogens is 308 g/mol. The lowest BCUT2D eigenvalue weighted by Crippen LogP contribution is -2.49. The Labute approximate surface area is 143 Å². The van der Waals surface area contributed by atoms with Gasteiger partial charge in [-0.05, 0) is 31.0 Å². The standard InChI is InChI=1S/C18H28N2O4/c1-13(2)18(23)20(14(3)17(22)19-10-5-11-21)12-15-6-8-16(24-4)9-7-15/h6-9,13-14,21H,5,10-12H2,1-4H3,(H,19,22)/t14-/m1/s1. The summed E-state index contributed by atoms with van der Waals surface area (Å²) in [4.78, 5) is 26.4. The molecule has 2 N–H and O–H groups in total. The molecule has 0 aromatic heterocycles. The number of ether oxygens (including phenoxy) is 1. The van der Waals surface area contributed by atoms with Crippen molar-refractivity contribution in [3.05, 3.63) is 29.8 Å². The second-order valence-electron chi connectivity index (χ2n) is 6.01. The molecular formula is C18H28N2O4. The highest BCUT2D eigenvalue weighted by molar-refractivity contribution is 5.88. The molecule has 134 valence electrons. The lowest BCUT2D eigenvalue weighted by molar-refractivity contribution is -0.143. The van der Waals surface area contributed by atoms with Gasteiger partial charge in [0.1, 0.15) is 11.8 Å². The first-order chi connectivity index (χ1) is 11.4. The van der Waals surface area contributed by atoms with Gasteiger partial charge in [-0.15, -0.1) is 0 Å². The molecule has 1 aromatic rings. The van der Waals surface area contributed by atoms with Crippen molar-refractivity contribution in [1.82, 2.24) is 10.2 Å². The van der Waals surface area contributed by atoms with E-state index >= 15 is 0 Å². The van der Waals surface area contributed by atoms with E-state index in [-0.39, 0.29) is 24.3 Å². The quantitative estimate of drug-likeness (QED) is 0.671. The highest BCUT2D eigenvalue weighted by Crippen LogP contribution is 2.16. The Morgan fingerprint density at radius 1 is 1.21 bits per heavy atom. The molecule has 24 heavy (non-hydrogen) atoms. The van der Waals surface area contributed by atoms with Gasteiger partial charge in [-0.1, -0.05) is 26.0 Å². The van der Waals surface area contributed by atoms with Crippen LogP contribution in [0, 0.1) is 5.92 Å². The maximum Gasteiger partial charge on any atom is 0.242 e. The largest absolute Gasteiger partial charge is 0.497 e. The third kappa shape index (κ3) is 5.85. The Hall–Kier alpha value is -2.08. The van der Waals surface area contributed by atoms with E-state index in [2.05, 4.69) is 5.32 Å². The summed E-state index contributed by atoms with van der Waals surface area (Å²) < 4.78 is 5.14. The van der Waals surface area contributed by atoms with E-state index in [1.54, 1.807) is 18.9 Å². The number of benzene rings is 1. The zero-order valence-corrected chi connectivity index (χ0v) is 14.9. The second-order valence-corrected chi connectivity index (χ2v) is 6.01. The van der Waals surface area contributed by atoms with E-state index in [1.807, 2.05) is 38.1 Å². The molecule has 2 amide bonds. The predicted molar refractivity (Wildman–Crippen MR) is 92.6 cm³/mol. The Kier molecular flexibility index (Phi) is 8.26. The third-order valence-electron chi connectivity index (χ3n) is 3.77. The van der Waals surface area contributed by atoms with Crippen LogP contribution in [0.1, 0.15) is 32.8 Å². The average Bonchev–Trinajstić information content (AvgIpc) is 2.59. The number of nitrogens with zero attached hydrogens (tertiary/aromatic N) is 1. The Morgan fingerprint density at radius 3 is 2.33 bits per heavy atom. The molecule has 0 aliphatic rings. The summed E-state index contributed by atoms with van der Waals surface area (Å²) in [6.07, 6.45) is 0.495. The molecule has 0 bridgehead atoms. The molecule has 6 heteroatoms. The molecule has 0 fully saturated rings. The molecule has 0 unspecified atom stereocenters. The number of aliphatic hydroxyl groups is 1. The van der Waals surface area contributed by atoms with Crippen LogP contribution in [-0.2, 0) is 16.1 Å². The first-order valence-corrected chi connectivity index (χ1v) is 8.22. The number of carbonyl (C=O) groups is 2. The fraction of sp³-hybridized carbons (Fsp3) is 0.556. The maximum atomic E-state index is 12.5. The van der Waals surface area contributed by atoms with E-state index < -0.39 is 6.04 Å². The van der Waals surface area contributed by atoms with E-state index in [0.717, 1.165) is 11.3 Å². The molecule has 0 aliphatic carbocycles. The molecule has 6 nitrogen and oxygen atoms in total. The summed E-state index contributed by atoms with van der Waals surface area (Å²) in [7, 11) is 1.60. The smallest absolute Gasteiger partial charge is 0.242 e. The summed E-state index contributed by atoms with van der Waals surface area (Å²) in [5, 5.41) is 11.5. The highest BCUT2D eigenvalue weighted by atomic mass is 16.5. The molecule has 0 saturated heterocycles. The van der Waals surface area contributed by atoms with Crippen LogP contribution in [-0.4, -0.2) is 48.1 Å². The minimum Gasteiger partial charge on any atom is -0.497 e. The van der Waals surface area contributed by atoms with Crippen molar-refractivity contribution in [3.8, 4) is 5.75 Å². The summed E-state index contributed by atoms with van der Waals surface area (Å²) in [5.74, 6) is 0.257. The van der Waals surface area contributed by atoms with E-state index in [1.165, 1.54) is 0 Å². The average molecular weight is 336 g/mol. The summed E-state index contributed by atoms with van der Waals surface area (Å²) in [6.45, 7) is 6.13. The number of carbonyl (C=O) groups excluding carboxylic acids is 2. The summed E-state index contributed by atoms with van der Waals surface area (Å²) in [6, 6.07) is 6.85. The fourth-order valence-electron chi connectivity index (χ4n) is 2.24. The van der Waals surface area contributed by atoms with Gasteiger partial charge in [0.25, 0.3) is 0 Å². The number of amides is 2. The van der Waals surface area contributed by atoms with Gasteiger partial charge in [0.15, 0.2) is 0 Å². The molecule has 0 aliphatic heterocycles. The number of hydrogen-bond acceptors (Lipinski definition) is 4. The molecule has 1 aromatic carbocycles. The Balaban J connectivity index is 2.86. The summed E-state index contributed by atoms with van der Waals surface area (Å²) >= 11 is 0. The molecule has 1 rings (SSSR count). The topological polar surface area (TPSA) is 78.9 Å². The first kappa shape index (κ1) is 20.0. The van der Waals surface area contributed by atoms with Gasteiger partial charge in [0.05, 0.1) is 7.11 Å². The van der Waals surface area contributed by atoms with Crippen LogP contribution in [0.3, 0.4) is 0 Å². The van der Waals surface area contributed by atoms with Crippen LogP contribution in [0.5, 0.6) is 5.75 Å². The van der Waals surface area contributed by atoms with Gasteiger partial charge >= 0.3 is 0 Å². The van der Waals surface area contributed by atoms with Gasteiger partial charge in [-0.3, -0.25) is 9.59 Å². The van der Waals surface area contributed by atoms with Gasteiger partial charge < -0.3 is 20.1 Å². The van der Waals surface area contributed by atoms with Gasteiger partial charge in [-0.25, -0.2) is 0 Å². The molecule has 1 atom stereocenters. The van der Waals surface area contributed by atoms with E-state index in [0.29, 0.717) is 19.5 Å². The minimum absolute atomic E-state index is 0.0230. The lowest BCUT2D eigenvalue weighted by atomic mass is 10.1. The molecule has 0 spiro atoms. The van der Waals surface area contributed by atoms with Crippen molar-refractivity contribution in [1.29, 1.82) is 0 Å². The number of hydrogen-bond donors (Lipinski definition) is 2. The minimum atomic E-state index is -0.583. The highest BCUT2D eigenvalue weighted by Gasteiger charge is 2.27. The van der Waals surface area contributed by atoms with Gasteiger partial charge in [-0.2, -0.15) is 0 Å². The van der Waals surface area contributed by atoms with E-state index in [4.69, 9.17) is 9.84 Å². The van der Waals surface area contributed by atoms with Crippen LogP contribution >= 0.6 is 0 Å². The normalized spacial score (nSPS) is 11.9. The lowest BCUT2D eigenvalue weighted by Gasteiger charge is -2.30. The summed E-state index contributed by atoms with van der Waals surface area (Å²) in [5.41, 5.74) is 0.930. The molecule has 0 radical (unpaired) electrons. The first-order valence-electron chi connectivity index (χ1n) is 8.22. The predicted octanol–water partition coefficient (Wildman–Crippen LogP) is 1.57. The van der Waals surface area contributed by atoms with E-state index in [9.17, 15) is 9.59 Å². The SMILES string of the molecule is COc1ccc(CN(C(=O)C(C)C)[C@H](C)C(=O)NCCCO)cc1. The number of aliphatic hydroxyl groups excluding tert-OH is 1. The van der Waals surface area contributed by atoms with Crippen molar-refractivity contribution in [2.24, 2.45) is 5.92 Å². The van der Waals surface area contributed by atoms with Crippen LogP contribution in [0.15, 0.2) is 24.3 Å². The van der Waals surface area contributed by atoms with Crippen molar-refractivity contribution in [2.45, 2.75) is 39.8 Å². The fourth-order valence-corrected chi connectivity index (χ4v) is 2.24. The van der Waals surface area contributed by atoms with Crippen molar-refractivity contribution >= 4 is 11.8 Å². The second kappa shape index (κ2) is 9.93. The zero-order valence-electron chi connectivity index (χ0n) is 14.9. The van der Waals surface area contributed by atoms with Crippen molar-refractivity contribution in [3.63, 3.8) is 0 Å². The number of nitrogens with one attached hydrogen (secondary N) is 1. The Morgan fingerprint density at radius 2 is 1.83 bits per heavy atom. The van der Waals surface area contributed by atoms with Crippen LogP contribution in [0.2, 0.25) is 0 Å². The van der Waals surface area contributed by atoms with Gasteiger partial charge in [0, 0.05) is 25.6 Å².